The molecular weight excluding hydrogens is 482 g/mol. The molecular formula is C31H23NO4S. The van der Waals surface area contributed by atoms with Gasteiger partial charge in [-0.05, 0) is 42.9 Å². The maximum Gasteiger partial charge on any atom is 0.405 e. The highest BCUT2D eigenvalue weighted by molar-refractivity contribution is 8.03. The molecule has 5 nitrogen and oxygen atoms in total. The number of carbonyl (C=O) groups excluding carboxylic acids is 3. The van der Waals surface area contributed by atoms with E-state index in [2.05, 4.69) is 10.9 Å². The average Bonchev–Trinajstić information content (AvgIpc) is 3.10. The number of benzene rings is 3. The van der Waals surface area contributed by atoms with Crippen LogP contribution in [0.15, 0.2) is 141 Å². The molecule has 0 bridgehead atoms. The molecule has 0 saturated heterocycles. The summed E-state index contributed by atoms with van der Waals surface area (Å²) in [4.78, 5) is 45.1. The standard InChI is InChI=1S/C31H23NO4S/c1-22-20-27(37-26-17-9-4-10-18-26)19-11-16-25(22)21-28(33)29(23-12-5-2-6-13-23)32-36-31(35)30(34)24-14-7-3-8-15-24/h2-15,17-20H,21H2,1H3/b32-29+. The summed E-state index contributed by atoms with van der Waals surface area (Å²) < 4.78 is 0. The van der Waals surface area contributed by atoms with Crippen molar-refractivity contribution in [2.24, 2.45) is 5.16 Å². The van der Waals surface area contributed by atoms with Crippen LogP contribution in [0.25, 0.3) is 0 Å². The lowest BCUT2D eigenvalue weighted by Crippen LogP contribution is -2.20. The van der Waals surface area contributed by atoms with Gasteiger partial charge in [0.1, 0.15) is 0 Å². The molecule has 0 saturated carbocycles. The number of oxime groups is 1. The van der Waals surface area contributed by atoms with Crippen molar-refractivity contribution in [1.29, 1.82) is 0 Å². The minimum atomic E-state index is -1.16. The second-order valence-corrected chi connectivity index (χ2v) is 9.23. The molecule has 0 N–H and O–H groups in total. The average molecular weight is 506 g/mol. The van der Waals surface area contributed by atoms with Gasteiger partial charge in [-0.1, -0.05) is 95.8 Å². The van der Waals surface area contributed by atoms with Gasteiger partial charge in [-0.25, -0.2) is 4.79 Å². The first-order valence-electron chi connectivity index (χ1n) is 11.6. The fourth-order valence-corrected chi connectivity index (χ4v) is 4.44. The van der Waals surface area contributed by atoms with Crippen molar-refractivity contribution in [2.75, 3.05) is 0 Å². The lowest BCUT2D eigenvalue weighted by atomic mass is 9.97. The molecule has 4 rings (SSSR count). The molecule has 0 amide bonds. The van der Waals surface area contributed by atoms with E-state index in [-0.39, 0.29) is 23.5 Å². The van der Waals surface area contributed by atoms with Gasteiger partial charge in [0.25, 0.3) is 5.78 Å². The normalized spacial score (nSPS) is 13.1. The first-order chi connectivity index (χ1) is 18.0. The van der Waals surface area contributed by atoms with Gasteiger partial charge >= 0.3 is 5.97 Å². The van der Waals surface area contributed by atoms with Gasteiger partial charge in [0, 0.05) is 32.9 Å². The third kappa shape index (κ3) is 7.01. The Bertz CT molecular complexity index is 1460. The molecule has 0 heterocycles. The summed E-state index contributed by atoms with van der Waals surface area (Å²) in [5.41, 5.74) is 5.38. The van der Waals surface area contributed by atoms with Crippen LogP contribution in [-0.2, 0) is 14.4 Å². The van der Waals surface area contributed by atoms with Crippen LogP contribution in [0.4, 0.5) is 0 Å². The van der Waals surface area contributed by atoms with E-state index >= 15 is 0 Å². The quantitative estimate of drug-likeness (QED) is 0.0830. The van der Waals surface area contributed by atoms with Crippen molar-refractivity contribution >= 4 is 35.0 Å². The van der Waals surface area contributed by atoms with Gasteiger partial charge in [0.15, 0.2) is 11.5 Å². The van der Waals surface area contributed by atoms with E-state index < -0.39 is 11.8 Å². The Balaban J connectivity index is 1.51. The molecule has 0 fully saturated rings. The highest BCUT2D eigenvalue weighted by Gasteiger charge is 2.22. The summed E-state index contributed by atoms with van der Waals surface area (Å²) in [5.74, 6) is -2.37. The topological polar surface area (TPSA) is 72.8 Å². The van der Waals surface area contributed by atoms with E-state index in [1.54, 1.807) is 66.4 Å². The van der Waals surface area contributed by atoms with Gasteiger partial charge in [0.05, 0.1) is 0 Å². The Morgan fingerprint density at radius 2 is 1.43 bits per heavy atom. The zero-order valence-electron chi connectivity index (χ0n) is 20.1. The molecule has 0 aromatic heterocycles. The number of hydrogen-bond acceptors (Lipinski definition) is 6. The Hall–Kier alpha value is -4.51. The number of carbonyl (C=O) groups is 3. The SMILES string of the molecule is CC1=CC(Sc2ccccc2)=CC=C=C1CC(=O)/C(=N/OC(=O)C(=O)c1ccccc1)c1ccccc1. The highest BCUT2D eigenvalue weighted by Crippen LogP contribution is 2.30. The lowest BCUT2D eigenvalue weighted by Gasteiger charge is -2.08. The summed E-state index contributed by atoms with van der Waals surface area (Å²) in [6, 6.07) is 26.7. The van der Waals surface area contributed by atoms with Gasteiger partial charge < -0.3 is 4.84 Å². The predicted molar refractivity (Wildman–Crippen MR) is 145 cm³/mol. The van der Waals surface area contributed by atoms with Gasteiger partial charge in [-0.3, -0.25) is 9.59 Å². The van der Waals surface area contributed by atoms with Crippen LogP contribution in [0.1, 0.15) is 29.3 Å². The minimum Gasteiger partial charge on any atom is -0.308 e. The monoisotopic (exact) mass is 505 g/mol. The zero-order valence-corrected chi connectivity index (χ0v) is 20.9. The number of ketones is 2. The van der Waals surface area contributed by atoms with Gasteiger partial charge in [-0.2, -0.15) is 0 Å². The smallest absolute Gasteiger partial charge is 0.308 e. The number of allylic oxidation sites excluding steroid dienone is 4. The van der Waals surface area contributed by atoms with E-state index in [4.69, 9.17) is 4.84 Å². The van der Waals surface area contributed by atoms with Crippen LogP contribution in [-0.4, -0.2) is 23.2 Å². The van der Waals surface area contributed by atoms with Crippen LogP contribution >= 0.6 is 11.8 Å². The second kappa shape index (κ2) is 12.5. The molecule has 1 aliphatic carbocycles. The maximum absolute atomic E-state index is 13.4. The molecule has 0 radical (unpaired) electrons. The number of thioether (sulfide) groups is 1. The van der Waals surface area contributed by atoms with E-state index in [0.29, 0.717) is 11.1 Å². The Labute approximate surface area is 219 Å². The van der Waals surface area contributed by atoms with Crippen LogP contribution in [0.5, 0.6) is 0 Å². The van der Waals surface area contributed by atoms with Crippen molar-refractivity contribution in [3.8, 4) is 0 Å². The Morgan fingerprint density at radius 3 is 2.08 bits per heavy atom. The first-order valence-corrected chi connectivity index (χ1v) is 12.4. The van der Waals surface area contributed by atoms with Crippen LogP contribution in [0.3, 0.4) is 0 Å². The number of hydrogen-bond donors (Lipinski definition) is 0. The third-order valence-electron chi connectivity index (χ3n) is 5.41. The number of nitrogens with zero attached hydrogens (tertiary/aromatic N) is 1. The molecule has 6 heteroatoms. The Morgan fingerprint density at radius 1 is 0.838 bits per heavy atom. The van der Waals surface area contributed by atoms with E-state index in [9.17, 15) is 14.4 Å². The molecule has 182 valence electrons. The van der Waals surface area contributed by atoms with Crippen molar-refractivity contribution in [3.63, 3.8) is 0 Å². The van der Waals surface area contributed by atoms with Crippen LogP contribution in [0.2, 0.25) is 0 Å². The van der Waals surface area contributed by atoms with E-state index in [1.807, 2.05) is 49.4 Å². The molecule has 0 unspecified atom stereocenters. The molecule has 0 aliphatic heterocycles. The fraction of sp³-hybridized carbons (Fsp3) is 0.0645. The molecule has 37 heavy (non-hydrogen) atoms. The van der Waals surface area contributed by atoms with Crippen molar-refractivity contribution in [3.05, 3.63) is 142 Å². The molecule has 0 spiro atoms. The third-order valence-corrected chi connectivity index (χ3v) is 6.41. The van der Waals surface area contributed by atoms with Crippen molar-refractivity contribution in [1.82, 2.24) is 0 Å². The van der Waals surface area contributed by atoms with E-state index in [1.165, 1.54) is 12.1 Å². The Kier molecular flexibility index (Phi) is 8.61. The summed E-state index contributed by atoms with van der Waals surface area (Å²) in [6.45, 7) is 1.92. The molecule has 3 aromatic rings. The van der Waals surface area contributed by atoms with Crippen molar-refractivity contribution < 1.29 is 19.2 Å². The van der Waals surface area contributed by atoms with Gasteiger partial charge in [-0.15, -0.1) is 5.73 Å². The summed E-state index contributed by atoms with van der Waals surface area (Å²) >= 11 is 1.62. The summed E-state index contributed by atoms with van der Waals surface area (Å²) in [5, 5.41) is 3.83. The summed E-state index contributed by atoms with van der Waals surface area (Å²) in [7, 11) is 0. The van der Waals surface area contributed by atoms with E-state index in [0.717, 1.165) is 15.4 Å². The minimum absolute atomic E-state index is 0.00608. The predicted octanol–water partition coefficient (Wildman–Crippen LogP) is 6.49. The van der Waals surface area contributed by atoms with Crippen LogP contribution < -0.4 is 0 Å². The maximum atomic E-state index is 13.4. The number of Topliss-reactive ketones (excluding diaryl/α,β-unsaturated/α-hetero) is 2. The molecule has 3 aromatic carbocycles. The largest absolute Gasteiger partial charge is 0.405 e. The first kappa shape index (κ1) is 25.6. The zero-order chi connectivity index (χ0) is 26.0. The fourth-order valence-electron chi connectivity index (χ4n) is 3.51. The molecule has 0 atom stereocenters. The van der Waals surface area contributed by atoms with Crippen molar-refractivity contribution in [2.45, 2.75) is 18.2 Å². The number of rotatable bonds is 9. The summed E-state index contributed by atoms with van der Waals surface area (Å²) in [6.07, 6.45) is 5.74. The molecule has 1 aliphatic rings. The van der Waals surface area contributed by atoms with Crippen LogP contribution in [0, 0.1) is 0 Å². The lowest BCUT2D eigenvalue weighted by molar-refractivity contribution is -0.138. The second-order valence-electron chi connectivity index (χ2n) is 8.08. The highest BCUT2D eigenvalue weighted by atomic mass is 32.2. The van der Waals surface area contributed by atoms with Gasteiger partial charge in [0.2, 0.25) is 0 Å².